The van der Waals surface area contributed by atoms with Crippen molar-refractivity contribution in [3.05, 3.63) is 29.8 Å². The molecule has 0 aliphatic carbocycles. The predicted octanol–water partition coefficient (Wildman–Crippen LogP) is 1.11. The van der Waals surface area contributed by atoms with Crippen LogP contribution in [0, 0.1) is 6.92 Å². The topological polar surface area (TPSA) is 49.8 Å². The van der Waals surface area contributed by atoms with Gasteiger partial charge in [0.25, 0.3) is 5.91 Å². The fourth-order valence-corrected chi connectivity index (χ4v) is 2.02. The number of aryl methyl sites for hydroxylation is 1. The van der Waals surface area contributed by atoms with E-state index in [-0.39, 0.29) is 12.5 Å². The molecule has 1 aliphatic heterocycles. The molecular weight excluding hydrogens is 218 g/mol. The molecule has 0 aromatic heterocycles. The van der Waals surface area contributed by atoms with Crippen molar-refractivity contribution >= 4 is 11.6 Å². The first-order valence-electron chi connectivity index (χ1n) is 5.83. The Balaban J connectivity index is 2.17. The van der Waals surface area contributed by atoms with Crippen molar-refractivity contribution in [3.8, 4) is 0 Å². The summed E-state index contributed by atoms with van der Waals surface area (Å²) in [6, 6.07) is 7.85. The molecule has 1 amide bonds. The lowest BCUT2D eigenvalue weighted by molar-refractivity contribution is -0.134. The molecule has 1 aromatic carbocycles. The van der Waals surface area contributed by atoms with Crippen LogP contribution in [0.2, 0.25) is 0 Å². The average molecular weight is 235 g/mol. The van der Waals surface area contributed by atoms with Crippen LogP contribution in [0.15, 0.2) is 24.3 Å². The second-order valence-electron chi connectivity index (χ2n) is 4.20. The van der Waals surface area contributed by atoms with Gasteiger partial charge < -0.3 is 14.7 Å². The predicted molar refractivity (Wildman–Crippen MR) is 65.0 cm³/mol. The fourth-order valence-electron chi connectivity index (χ4n) is 2.02. The Kier molecular flexibility index (Phi) is 3.76. The molecular formula is C13H17NO3. The van der Waals surface area contributed by atoms with Crippen LogP contribution in [-0.2, 0) is 9.53 Å². The zero-order valence-electron chi connectivity index (χ0n) is 9.93. The van der Waals surface area contributed by atoms with Crippen LogP contribution in [0.5, 0.6) is 0 Å². The molecule has 1 saturated heterocycles. The van der Waals surface area contributed by atoms with Crippen molar-refractivity contribution in [2.45, 2.75) is 19.4 Å². The Hall–Kier alpha value is -1.39. The van der Waals surface area contributed by atoms with E-state index in [0.717, 1.165) is 11.3 Å². The van der Waals surface area contributed by atoms with Gasteiger partial charge in [-0.05, 0) is 24.6 Å². The largest absolute Gasteiger partial charge is 0.396 e. The van der Waals surface area contributed by atoms with Gasteiger partial charge in [0.05, 0.1) is 6.61 Å². The van der Waals surface area contributed by atoms with Crippen LogP contribution in [0.3, 0.4) is 0 Å². The molecule has 4 heteroatoms. The second kappa shape index (κ2) is 5.29. The smallest absolute Gasteiger partial charge is 0.256 e. The van der Waals surface area contributed by atoms with Crippen molar-refractivity contribution in [2.75, 3.05) is 24.7 Å². The number of morpholine rings is 1. The van der Waals surface area contributed by atoms with E-state index in [1.807, 2.05) is 31.2 Å². The lowest BCUT2D eigenvalue weighted by atomic mass is 10.1. The highest BCUT2D eigenvalue weighted by atomic mass is 16.5. The van der Waals surface area contributed by atoms with Crippen molar-refractivity contribution in [3.63, 3.8) is 0 Å². The number of ether oxygens (including phenoxy) is 1. The molecule has 1 fully saturated rings. The molecule has 4 nitrogen and oxygen atoms in total. The average Bonchev–Trinajstić information content (AvgIpc) is 2.32. The number of aliphatic hydroxyl groups excluding tert-OH is 1. The number of carbonyl (C=O) groups is 1. The third-order valence-electron chi connectivity index (χ3n) is 2.88. The summed E-state index contributed by atoms with van der Waals surface area (Å²) < 4.78 is 5.36. The maximum absolute atomic E-state index is 12.1. The Bertz CT molecular complexity index is 403. The van der Waals surface area contributed by atoms with Gasteiger partial charge in [-0.3, -0.25) is 4.79 Å². The first kappa shape index (κ1) is 12.1. The van der Waals surface area contributed by atoms with Gasteiger partial charge in [0, 0.05) is 25.3 Å². The van der Waals surface area contributed by atoms with Crippen LogP contribution in [0.1, 0.15) is 12.0 Å². The summed E-state index contributed by atoms with van der Waals surface area (Å²) in [6.07, 6.45) is -0.143. The van der Waals surface area contributed by atoms with Gasteiger partial charge in [-0.25, -0.2) is 0 Å². The van der Waals surface area contributed by atoms with Crippen LogP contribution in [0.25, 0.3) is 0 Å². The molecule has 0 spiro atoms. The minimum absolute atomic E-state index is 0.0297. The van der Waals surface area contributed by atoms with Gasteiger partial charge in [-0.2, -0.15) is 0 Å². The fraction of sp³-hybridized carbons (Fsp3) is 0.462. The normalized spacial score (nSPS) is 20.7. The highest BCUT2D eigenvalue weighted by Crippen LogP contribution is 2.20. The van der Waals surface area contributed by atoms with E-state index >= 15 is 0 Å². The summed E-state index contributed by atoms with van der Waals surface area (Å²) >= 11 is 0. The van der Waals surface area contributed by atoms with Crippen LogP contribution in [-0.4, -0.2) is 36.9 Å². The molecule has 0 radical (unpaired) electrons. The summed E-state index contributed by atoms with van der Waals surface area (Å²) in [7, 11) is 0. The Morgan fingerprint density at radius 3 is 3.06 bits per heavy atom. The standard InChI is InChI=1S/C13H17NO3/c1-10-3-2-4-11(9-10)14-6-8-17-12(5-7-15)13(14)16/h2-4,9,12,15H,5-8H2,1H3. The van der Waals surface area contributed by atoms with Gasteiger partial charge in [0.2, 0.25) is 0 Å². The van der Waals surface area contributed by atoms with Gasteiger partial charge in [-0.15, -0.1) is 0 Å². The number of amides is 1. The second-order valence-corrected chi connectivity index (χ2v) is 4.20. The quantitative estimate of drug-likeness (QED) is 0.853. The molecule has 92 valence electrons. The number of hydrogen-bond acceptors (Lipinski definition) is 3. The van der Waals surface area contributed by atoms with E-state index in [1.54, 1.807) is 4.90 Å². The van der Waals surface area contributed by atoms with E-state index in [4.69, 9.17) is 9.84 Å². The Morgan fingerprint density at radius 1 is 1.53 bits per heavy atom. The van der Waals surface area contributed by atoms with Crippen molar-refractivity contribution in [1.82, 2.24) is 0 Å². The summed E-state index contributed by atoms with van der Waals surface area (Å²) in [6.45, 7) is 3.06. The van der Waals surface area contributed by atoms with Gasteiger partial charge >= 0.3 is 0 Å². The number of anilines is 1. The first-order chi connectivity index (χ1) is 8.22. The third-order valence-corrected chi connectivity index (χ3v) is 2.88. The minimum Gasteiger partial charge on any atom is -0.396 e. The molecule has 0 bridgehead atoms. The maximum Gasteiger partial charge on any atom is 0.256 e. The first-order valence-corrected chi connectivity index (χ1v) is 5.83. The minimum atomic E-state index is -0.505. The summed E-state index contributed by atoms with van der Waals surface area (Å²) in [5.74, 6) is -0.0594. The van der Waals surface area contributed by atoms with E-state index in [2.05, 4.69) is 0 Å². The van der Waals surface area contributed by atoms with Gasteiger partial charge in [-0.1, -0.05) is 12.1 Å². The highest BCUT2D eigenvalue weighted by molar-refractivity contribution is 5.97. The summed E-state index contributed by atoms with van der Waals surface area (Å²) in [4.78, 5) is 13.8. The summed E-state index contributed by atoms with van der Waals surface area (Å²) in [5.41, 5.74) is 2.03. The molecule has 1 heterocycles. The molecule has 2 rings (SSSR count). The molecule has 1 unspecified atom stereocenters. The third kappa shape index (κ3) is 2.65. The summed E-state index contributed by atoms with van der Waals surface area (Å²) in [5, 5.41) is 8.89. The SMILES string of the molecule is Cc1cccc(N2CCOC(CCO)C2=O)c1. The van der Waals surface area contributed by atoms with Gasteiger partial charge in [0.15, 0.2) is 0 Å². The van der Waals surface area contributed by atoms with Crippen LogP contribution < -0.4 is 4.90 Å². The maximum atomic E-state index is 12.1. The lowest BCUT2D eigenvalue weighted by Crippen LogP contribution is -2.48. The van der Waals surface area contributed by atoms with E-state index in [1.165, 1.54) is 0 Å². The lowest BCUT2D eigenvalue weighted by Gasteiger charge is -2.32. The van der Waals surface area contributed by atoms with E-state index in [0.29, 0.717) is 19.6 Å². The monoisotopic (exact) mass is 235 g/mol. The molecule has 1 aliphatic rings. The van der Waals surface area contributed by atoms with Crippen molar-refractivity contribution in [2.24, 2.45) is 0 Å². The number of carbonyl (C=O) groups excluding carboxylic acids is 1. The zero-order chi connectivity index (χ0) is 12.3. The zero-order valence-corrected chi connectivity index (χ0v) is 9.93. The molecule has 17 heavy (non-hydrogen) atoms. The number of hydrogen-bond donors (Lipinski definition) is 1. The molecule has 1 N–H and O–H groups in total. The number of aliphatic hydroxyl groups is 1. The van der Waals surface area contributed by atoms with Crippen molar-refractivity contribution < 1.29 is 14.6 Å². The number of benzene rings is 1. The van der Waals surface area contributed by atoms with E-state index in [9.17, 15) is 4.79 Å². The Labute approximate surface area is 101 Å². The Morgan fingerprint density at radius 2 is 2.35 bits per heavy atom. The number of nitrogens with zero attached hydrogens (tertiary/aromatic N) is 1. The van der Waals surface area contributed by atoms with E-state index < -0.39 is 6.10 Å². The van der Waals surface area contributed by atoms with Crippen LogP contribution in [0.4, 0.5) is 5.69 Å². The van der Waals surface area contributed by atoms with Crippen LogP contribution >= 0.6 is 0 Å². The van der Waals surface area contributed by atoms with Gasteiger partial charge in [0.1, 0.15) is 6.10 Å². The van der Waals surface area contributed by atoms with Crippen molar-refractivity contribution in [1.29, 1.82) is 0 Å². The molecule has 1 aromatic rings. The molecule has 0 saturated carbocycles. The number of rotatable bonds is 3. The molecule has 1 atom stereocenters. The highest BCUT2D eigenvalue weighted by Gasteiger charge is 2.29.